The standard InChI is InChI=1S/C25H25N5O2S/c1-29-12-14-30(15-13-29)25-26-16-22(24(28-25)32-17-18-6-3-2-4-7-18)33-21-9-5-8-20-19(21)10-11-23(31)27-20/h2-11,16H,12-15,17H2,1H3,(H,27,31). The average molecular weight is 460 g/mol. The van der Waals surface area contributed by atoms with Crippen LogP contribution in [0.3, 0.4) is 0 Å². The van der Waals surface area contributed by atoms with Crippen LogP contribution in [0, 0.1) is 0 Å². The molecule has 8 heteroatoms. The Bertz CT molecular complexity index is 1300. The molecule has 1 saturated heterocycles. The van der Waals surface area contributed by atoms with Gasteiger partial charge in [-0.1, -0.05) is 48.2 Å². The van der Waals surface area contributed by atoms with Crippen molar-refractivity contribution >= 4 is 28.6 Å². The van der Waals surface area contributed by atoms with Crippen molar-refractivity contribution in [3.63, 3.8) is 0 Å². The molecule has 33 heavy (non-hydrogen) atoms. The SMILES string of the molecule is CN1CCN(c2ncc(Sc3cccc4[nH]c(=O)ccc34)c(OCc3ccccc3)n2)CC1. The van der Waals surface area contributed by atoms with Gasteiger partial charge in [0.15, 0.2) is 0 Å². The molecule has 4 aromatic rings. The molecule has 1 fully saturated rings. The fourth-order valence-electron chi connectivity index (χ4n) is 3.77. The van der Waals surface area contributed by atoms with Crippen molar-refractivity contribution < 1.29 is 4.74 Å². The van der Waals surface area contributed by atoms with Crippen LogP contribution < -0.4 is 15.2 Å². The zero-order valence-electron chi connectivity index (χ0n) is 18.4. The van der Waals surface area contributed by atoms with E-state index in [2.05, 4.69) is 26.8 Å². The number of H-pyrrole nitrogens is 1. The average Bonchev–Trinajstić information content (AvgIpc) is 2.84. The second kappa shape index (κ2) is 9.64. The van der Waals surface area contributed by atoms with E-state index in [1.165, 1.54) is 0 Å². The van der Waals surface area contributed by atoms with Gasteiger partial charge in [0.1, 0.15) is 6.61 Å². The van der Waals surface area contributed by atoms with E-state index >= 15 is 0 Å². The van der Waals surface area contributed by atoms with Gasteiger partial charge in [0.25, 0.3) is 0 Å². The smallest absolute Gasteiger partial charge is 0.248 e. The number of hydrogen-bond acceptors (Lipinski definition) is 7. The number of aromatic amines is 1. The van der Waals surface area contributed by atoms with Gasteiger partial charge >= 0.3 is 0 Å². The summed E-state index contributed by atoms with van der Waals surface area (Å²) >= 11 is 1.54. The molecule has 7 nitrogen and oxygen atoms in total. The van der Waals surface area contributed by atoms with Gasteiger partial charge in [-0.15, -0.1) is 0 Å². The molecule has 0 atom stereocenters. The maximum absolute atomic E-state index is 11.7. The third-order valence-corrected chi connectivity index (χ3v) is 6.74. The Morgan fingerprint density at radius 1 is 0.970 bits per heavy atom. The van der Waals surface area contributed by atoms with Crippen molar-refractivity contribution in [2.75, 3.05) is 38.1 Å². The Kier molecular flexibility index (Phi) is 6.28. The molecule has 1 aliphatic rings. The molecule has 2 aromatic heterocycles. The molecule has 0 bridgehead atoms. The third kappa shape index (κ3) is 5.02. The number of fused-ring (bicyclic) bond motifs is 1. The maximum atomic E-state index is 11.7. The minimum Gasteiger partial charge on any atom is -0.472 e. The van der Waals surface area contributed by atoms with Crippen LogP contribution in [0.15, 0.2) is 81.4 Å². The van der Waals surface area contributed by atoms with Crippen molar-refractivity contribution in [1.29, 1.82) is 0 Å². The Morgan fingerprint density at radius 3 is 2.61 bits per heavy atom. The zero-order valence-corrected chi connectivity index (χ0v) is 19.2. The van der Waals surface area contributed by atoms with Crippen LogP contribution >= 0.6 is 11.8 Å². The topological polar surface area (TPSA) is 74.3 Å². The van der Waals surface area contributed by atoms with E-state index in [9.17, 15) is 4.79 Å². The molecular weight excluding hydrogens is 434 g/mol. The van der Waals surface area contributed by atoms with Gasteiger partial charge in [-0.2, -0.15) is 4.98 Å². The van der Waals surface area contributed by atoms with Crippen molar-refractivity contribution in [2.24, 2.45) is 0 Å². The molecule has 1 N–H and O–H groups in total. The van der Waals surface area contributed by atoms with E-state index in [1.807, 2.05) is 60.8 Å². The molecule has 0 aliphatic carbocycles. The molecular formula is C25H25N5O2S. The lowest BCUT2D eigenvalue weighted by Gasteiger charge is -2.32. The summed E-state index contributed by atoms with van der Waals surface area (Å²) in [6, 6.07) is 19.3. The molecule has 168 valence electrons. The molecule has 0 radical (unpaired) electrons. The van der Waals surface area contributed by atoms with Crippen LogP contribution in [0.2, 0.25) is 0 Å². The Labute approximate surface area is 196 Å². The van der Waals surface area contributed by atoms with Crippen LogP contribution in [0.1, 0.15) is 5.56 Å². The van der Waals surface area contributed by atoms with Crippen molar-refractivity contribution in [3.05, 3.63) is 82.8 Å². The van der Waals surface area contributed by atoms with E-state index in [0.29, 0.717) is 18.4 Å². The summed E-state index contributed by atoms with van der Waals surface area (Å²) < 4.78 is 6.21. The van der Waals surface area contributed by atoms with Crippen LogP contribution in [0.4, 0.5) is 5.95 Å². The first-order chi connectivity index (χ1) is 16.2. The molecule has 5 rings (SSSR count). The monoisotopic (exact) mass is 459 g/mol. The number of aromatic nitrogens is 3. The minimum atomic E-state index is -0.114. The maximum Gasteiger partial charge on any atom is 0.248 e. The molecule has 0 saturated carbocycles. The predicted molar refractivity (Wildman–Crippen MR) is 131 cm³/mol. The summed E-state index contributed by atoms with van der Waals surface area (Å²) in [6.07, 6.45) is 1.84. The highest BCUT2D eigenvalue weighted by Crippen LogP contribution is 2.37. The molecule has 0 spiro atoms. The highest BCUT2D eigenvalue weighted by molar-refractivity contribution is 7.99. The van der Waals surface area contributed by atoms with Crippen LogP contribution in [-0.2, 0) is 6.61 Å². The van der Waals surface area contributed by atoms with Gasteiger partial charge in [-0.05, 0) is 30.8 Å². The highest BCUT2D eigenvalue weighted by Gasteiger charge is 2.19. The van der Waals surface area contributed by atoms with Crippen LogP contribution in [0.25, 0.3) is 10.9 Å². The van der Waals surface area contributed by atoms with Gasteiger partial charge in [0.2, 0.25) is 17.4 Å². The number of pyridine rings is 1. The first-order valence-electron chi connectivity index (χ1n) is 10.9. The number of nitrogens with zero attached hydrogens (tertiary/aromatic N) is 4. The summed E-state index contributed by atoms with van der Waals surface area (Å²) in [5.41, 5.74) is 1.77. The normalized spacial score (nSPS) is 14.5. The number of anilines is 1. The zero-order chi connectivity index (χ0) is 22.6. The molecule has 1 aliphatic heterocycles. The predicted octanol–water partition coefficient (Wildman–Crippen LogP) is 3.80. The molecule has 3 heterocycles. The summed E-state index contributed by atoms with van der Waals surface area (Å²) in [6.45, 7) is 4.16. The number of rotatable bonds is 6. The lowest BCUT2D eigenvalue weighted by Crippen LogP contribution is -2.45. The molecule has 0 amide bonds. The molecule has 2 aromatic carbocycles. The number of nitrogens with one attached hydrogen (secondary N) is 1. The largest absolute Gasteiger partial charge is 0.472 e. The van der Waals surface area contributed by atoms with E-state index in [-0.39, 0.29) is 5.56 Å². The van der Waals surface area contributed by atoms with Crippen molar-refractivity contribution in [3.8, 4) is 5.88 Å². The van der Waals surface area contributed by atoms with Gasteiger partial charge in [-0.3, -0.25) is 4.79 Å². The van der Waals surface area contributed by atoms with Crippen LogP contribution in [-0.4, -0.2) is 53.1 Å². The number of ether oxygens (including phenoxy) is 1. The Morgan fingerprint density at radius 2 is 1.79 bits per heavy atom. The summed E-state index contributed by atoms with van der Waals surface area (Å²) in [4.78, 5) is 30.5. The summed E-state index contributed by atoms with van der Waals surface area (Å²) in [7, 11) is 2.13. The second-order valence-corrected chi connectivity index (χ2v) is 9.13. The minimum absolute atomic E-state index is 0.114. The van der Waals surface area contributed by atoms with E-state index < -0.39 is 0 Å². The Hall–Kier alpha value is -3.36. The number of likely N-dealkylation sites (N-methyl/N-ethyl adjacent to an activating group) is 1. The number of benzene rings is 2. The van der Waals surface area contributed by atoms with E-state index in [0.717, 1.165) is 52.4 Å². The van der Waals surface area contributed by atoms with E-state index in [4.69, 9.17) is 9.72 Å². The highest BCUT2D eigenvalue weighted by atomic mass is 32.2. The second-order valence-electron chi connectivity index (χ2n) is 8.05. The first kappa shape index (κ1) is 21.5. The van der Waals surface area contributed by atoms with Gasteiger partial charge in [0.05, 0.1) is 11.1 Å². The van der Waals surface area contributed by atoms with Crippen molar-refractivity contribution in [2.45, 2.75) is 16.4 Å². The quantitative estimate of drug-likeness (QED) is 0.470. The lowest BCUT2D eigenvalue weighted by molar-refractivity contribution is 0.283. The number of hydrogen-bond donors (Lipinski definition) is 1. The summed E-state index contributed by atoms with van der Waals surface area (Å²) in [5.74, 6) is 1.26. The first-order valence-corrected chi connectivity index (χ1v) is 11.7. The fourth-order valence-corrected chi connectivity index (χ4v) is 4.74. The Balaban J connectivity index is 1.47. The molecule has 0 unspecified atom stereocenters. The number of piperazine rings is 1. The van der Waals surface area contributed by atoms with E-state index in [1.54, 1.807) is 17.8 Å². The van der Waals surface area contributed by atoms with Crippen LogP contribution in [0.5, 0.6) is 5.88 Å². The third-order valence-electron chi connectivity index (χ3n) is 5.66. The fraction of sp³-hybridized carbons (Fsp3) is 0.240. The lowest BCUT2D eigenvalue weighted by atomic mass is 10.2. The van der Waals surface area contributed by atoms with Gasteiger partial charge in [-0.25, -0.2) is 4.98 Å². The van der Waals surface area contributed by atoms with Crippen molar-refractivity contribution in [1.82, 2.24) is 19.9 Å². The van der Waals surface area contributed by atoms with Gasteiger partial charge in [0, 0.05) is 48.0 Å². The van der Waals surface area contributed by atoms with Gasteiger partial charge < -0.3 is 19.5 Å². The summed E-state index contributed by atoms with van der Waals surface area (Å²) in [5, 5.41) is 0.972.